The molecule has 0 aliphatic carbocycles. The van der Waals surface area contributed by atoms with Crippen molar-refractivity contribution in [2.24, 2.45) is 5.84 Å². The summed E-state index contributed by atoms with van der Waals surface area (Å²) in [5, 5.41) is 15.1. The molecule has 0 unspecified atom stereocenters. The van der Waals surface area contributed by atoms with Crippen molar-refractivity contribution in [3.05, 3.63) is 71.8 Å². The van der Waals surface area contributed by atoms with Crippen LogP contribution in [0, 0.1) is 0 Å². The van der Waals surface area contributed by atoms with Crippen molar-refractivity contribution < 1.29 is 14.6 Å². The van der Waals surface area contributed by atoms with Gasteiger partial charge in [0.05, 0.1) is 12.1 Å². The van der Waals surface area contributed by atoms with Gasteiger partial charge in [0.2, 0.25) is 0 Å². The van der Waals surface area contributed by atoms with Crippen LogP contribution in [0.1, 0.15) is 31.9 Å². The largest absolute Gasteiger partial charge is 0.444 e. The lowest BCUT2D eigenvalue weighted by Gasteiger charge is -2.29. The van der Waals surface area contributed by atoms with Gasteiger partial charge >= 0.3 is 6.09 Å². The van der Waals surface area contributed by atoms with Crippen molar-refractivity contribution >= 4 is 6.09 Å². The summed E-state index contributed by atoms with van der Waals surface area (Å²) in [4.78, 5) is 12.3. The van der Waals surface area contributed by atoms with Gasteiger partial charge in [-0.1, -0.05) is 60.7 Å². The molecular formula is C22H31N3O3. The molecule has 0 aromatic heterocycles. The molecule has 0 spiro atoms. The lowest BCUT2D eigenvalue weighted by atomic mass is 10.0. The van der Waals surface area contributed by atoms with Crippen molar-refractivity contribution in [2.75, 3.05) is 6.54 Å². The second kappa shape index (κ2) is 10.2. The van der Waals surface area contributed by atoms with Crippen LogP contribution in [0.15, 0.2) is 60.7 Å². The first-order chi connectivity index (χ1) is 13.2. The lowest BCUT2D eigenvalue weighted by molar-refractivity contribution is 0.0357. The molecule has 0 aliphatic rings. The molecule has 0 saturated carbocycles. The smallest absolute Gasteiger partial charge is 0.407 e. The van der Waals surface area contributed by atoms with E-state index in [9.17, 15) is 9.90 Å². The molecule has 6 nitrogen and oxygen atoms in total. The Balaban J connectivity index is 2.02. The number of amides is 1. The van der Waals surface area contributed by atoms with Crippen LogP contribution in [-0.2, 0) is 17.7 Å². The molecule has 28 heavy (non-hydrogen) atoms. The number of aliphatic hydroxyl groups is 1. The van der Waals surface area contributed by atoms with Crippen LogP contribution in [0.4, 0.5) is 4.79 Å². The maximum absolute atomic E-state index is 12.3. The van der Waals surface area contributed by atoms with E-state index < -0.39 is 23.8 Å². The first-order valence-corrected chi connectivity index (χ1v) is 9.48. The Hall–Kier alpha value is -2.41. The summed E-state index contributed by atoms with van der Waals surface area (Å²) in [7, 11) is 0. The van der Waals surface area contributed by atoms with E-state index in [4.69, 9.17) is 10.6 Å². The maximum Gasteiger partial charge on any atom is 0.407 e. The molecule has 0 fully saturated rings. The normalized spacial score (nSPS) is 13.8. The third kappa shape index (κ3) is 8.08. The van der Waals surface area contributed by atoms with Crippen LogP contribution in [0.3, 0.4) is 0 Å². The second-order valence-corrected chi connectivity index (χ2v) is 7.92. The Morgan fingerprint density at radius 3 is 2.14 bits per heavy atom. The summed E-state index contributed by atoms with van der Waals surface area (Å²) in [6.07, 6.45) is -0.944. The molecule has 6 heteroatoms. The molecule has 2 rings (SSSR count). The monoisotopic (exact) mass is 385 g/mol. The number of benzene rings is 2. The number of alkyl carbamates (subject to hydrolysis) is 1. The SMILES string of the molecule is CC(C)(C)OC(=O)N[C@@H](Cc1ccccc1)[C@@H](O)CN(N)Cc1ccccc1. The lowest BCUT2D eigenvalue weighted by Crippen LogP contribution is -2.51. The minimum Gasteiger partial charge on any atom is -0.444 e. The summed E-state index contributed by atoms with van der Waals surface area (Å²) in [5.74, 6) is 6.10. The van der Waals surface area contributed by atoms with E-state index in [0.717, 1.165) is 11.1 Å². The van der Waals surface area contributed by atoms with Gasteiger partial charge in [-0.15, -0.1) is 0 Å². The Morgan fingerprint density at radius 2 is 1.61 bits per heavy atom. The number of hydrogen-bond acceptors (Lipinski definition) is 5. The Labute approximate surface area is 167 Å². The minimum absolute atomic E-state index is 0.211. The highest BCUT2D eigenvalue weighted by atomic mass is 16.6. The van der Waals surface area contributed by atoms with Gasteiger partial charge in [0.25, 0.3) is 0 Å². The van der Waals surface area contributed by atoms with E-state index in [0.29, 0.717) is 13.0 Å². The first kappa shape index (κ1) is 21.9. The van der Waals surface area contributed by atoms with Gasteiger partial charge in [-0.25, -0.2) is 9.80 Å². The fourth-order valence-electron chi connectivity index (χ4n) is 2.86. The third-order valence-electron chi connectivity index (χ3n) is 4.12. The predicted molar refractivity (Wildman–Crippen MR) is 110 cm³/mol. The molecule has 1 amide bonds. The van der Waals surface area contributed by atoms with Crippen molar-refractivity contribution in [1.29, 1.82) is 0 Å². The Bertz CT molecular complexity index is 717. The minimum atomic E-state index is -0.860. The predicted octanol–water partition coefficient (Wildman–Crippen LogP) is 2.86. The molecule has 0 saturated heterocycles. The number of hydrogen-bond donors (Lipinski definition) is 3. The number of aliphatic hydroxyl groups excluding tert-OH is 1. The summed E-state index contributed by atoms with van der Waals surface area (Å²) in [6.45, 7) is 6.12. The van der Waals surface area contributed by atoms with Gasteiger partial charge in [-0.05, 0) is 38.3 Å². The molecular weight excluding hydrogens is 354 g/mol. The van der Waals surface area contributed by atoms with E-state index >= 15 is 0 Å². The number of rotatable bonds is 8. The van der Waals surface area contributed by atoms with E-state index in [-0.39, 0.29) is 6.54 Å². The van der Waals surface area contributed by atoms with Gasteiger partial charge in [-0.2, -0.15) is 0 Å². The summed E-state index contributed by atoms with van der Waals surface area (Å²) in [5.41, 5.74) is 1.45. The van der Waals surface area contributed by atoms with Crippen molar-refractivity contribution in [3.63, 3.8) is 0 Å². The van der Waals surface area contributed by atoms with Crippen molar-refractivity contribution in [2.45, 2.75) is 51.5 Å². The number of nitrogens with zero attached hydrogens (tertiary/aromatic N) is 1. The average Bonchev–Trinajstić information content (AvgIpc) is 2.61. The highest BCUT2D eigenvalue weighted by Crippen LogP contribution is 2.11. The number of carbonyl (C=O) groups is 1. The quantitative estimate of drug-likeness (QED) is 0.480. The molecule has 2 aromatic carbocycles. The van der Waals surface area contributed by atoms with Crippen LogP contribution in [0.25, 0.3) is 0 Å². The molecule has 0 heterocycles. The second-order valence-electron chi connectivity index (χ2n) is 7.92. The molecule has 4 N–H and O–H groups in total. The van der Waals surface area contributed by atoms with Gasteiger partial charge in [0.15, 0.2) is 0 Å². The zero-order valence-electron chi connectivity index (χ0n) is 16.8. The standard InChI is InChI=1S/C22H31N3O3/c1-22(2,3)28-21(27)24-19(14-17-10-6-4-7-11-17)20(26)16-25(23)15-18-12-8-5-9-13-18/h4-13,19-20,26H,14-16,23H2,1-3H3,(H,24,27)/t19-,20-/m0/s1. The fourth-order valence-corrected chi connectivity index (χ4v) is 2.86. The maximum atomic E-state index is 12.3. The average molecular weight is 386 g/mol. The number of carbonyl (C=O) groups excluding carboxylic acids is 1. The van der Waals surface area contributed by atoms with E-state index in [1.54, 1.807) is 25.8 Å². The van der Waals surface area contributed by atoms with Crippen LogP contribution >= 0.6 is 0 Å². The van der Waals surface area contributed by atoms with Gasteiger partial charge in [-0.3, -0.25) is 5.84 Å². The molecule has 0 bridgehead atoms. The van der Waals surface area contributed by atoms with Gasteiger partial charge < -0.3 is 15.2 Å². The van der Waals surface area contributed by atoms with Gasteiger partial charge in [0, 0.05) is 13.1 Å². The van der Waals surface area contributed by atoms with Gasteiger partial charge in [0.1, 0.15) is 5.60 Å². The Morgan fingerprint density at radius 1 is 1.07 bits per heavy atom. The highest BCUT2D eigenvalue weighted by molar-refractivity contribution is 5.68. The van der Waals surface area contributed by atoms with Crippen molar-refractivity contribution in [3.8, 4) is 0 Å². The van der Waals surface area contributed by atoms with Crippen molar-refractivity contribution in [1.82, 2.24) is 10.3 Å². The fraction of sp³-hybridized carbons (Fsp3) is 0.409. The molecule has 2 atom stereocenters. The summed E-state index contributed by atoms with van der Waals surface area (Å²) < 4.78 is 5.35. The van der Waals surface area contributed by atoms with E-state index in [1.165, 1.54) is 0 Å². The topological polar surface area (TPSA) is 87.8 Å². The van der Waals surface area contributed by atoms with Crippen LogP contribution in [0.2, 0.25) is 0 Å². The Kier molecular flexibility index (Phi) is 7.99. The number of nitrogens with two attached hydrogens (primary N) is 1. The molecule has 0 aliphatic heterocycles. The molecule has 0 radical (unpaired) electrons. The third-order valence-corrected chi connectivity index (χ3v) is 4.12. The number of nitrogens with one attached hydrogen (secondary N) is 1. The number of ether oxygens (including phenoxy) is 1. The highest BCUT2D eigenvalue weighted by Gasteiger charge is 2.26. The summed E-state index contributed by atoms with van der Waals surface area (Å²) >= 11 is 0. The van der Waals surface area contributed by atoms with E-state index in [1.807, 2.05) is 60.7 Å². The zero-order chi connectivity index (χ0) is 20.6. The number of hydrazine groups is 1. The summed E-state index contributed by atoms with van der Waals surface area (Å²) in [6, 6.07) is 19.0. The molecule has 152 valence electrons. The zero-order valence-corrected chi connectivity index (χ0v) is 16.8. The van der Waals surface area contributed by atoms with Crippen LogP contribution in [-0.4, -0.2) is 40.5 Å². The van der Waals surface area contributed by atoms with Crippen LogP contribution < -0.4 is 11.2 Å². The van der Waals surface area contributed by atoms with Crippen LogP contribution in [0.5, 0.6) is 0 Å². The first-order valence-electron chi connectivity index (χ1n) is 9.48. The molecule has 2 aromatic rings. The van der Waals surface area contributed by atoms with E-state index in [2.05, 4.69) is 5.32 Å².